The molecule has 1 saturated heterocycles. The molecule has 30 heavy (non-hydrogen) atoms. The number of fused-ring (bicyclic) bond motifs is 1. The average molecular weight is 410 g/mol. The number of nitrogens with zero attached hydrogens (tertiary/aromatic N) is 5. The predicted octanol–water partition coefficient (Wildman–Crippen LogP) is 4.11. The van der Waals surface area contributed by atoms with Gasteiger partial charge in [0.05, 0.1) is 11.2 Å². The number of nitroso groups, excluding NO2 is 1. The van der Waals surface area contributed by atoms with Crippen molar-refractivity contribution in [2.75, 3.05) is 50.0 Å². The summed E-state index contributed by atoms with van der Waals surface area (Å²) in [7, 11) is 2.07. The van der Waals surface area contributed by atoms with Crippen molar-refractivity contribution in [2.45, 2.75) is 6.92 Å². The van der Waals surface area contributed by atoms with E-state index in [9.17, 15) is 9.30 Å². The van der Waals surface area contributed by atoms with E-state index >= 15 is 0 Å². The first-order valence-electron chi connectivity index (χ1n) is 9.87. The van der Waals surface area contributed by atoms with Crippen LogP contribution in [0.15, 0.2) is 33.9 Å². The molecule has 0 atom stereocenters. The molecule has 156 valence electrons. The summed E-state index contributed by atoms with van der Waals surface area (Å²) in [5.41, 5.74) is 1.09. The van der Waals surface area contributed by atoms with Crippen LogP contribution in [0.2, 0.25) is 0 Å². The highest BCUT2D eigenvalue weighted by atomic mass is 19.1. The van der Waals surface area contributed by atoms with Gasteiger partial charge in [0.15, 0.2) is 5.82 Å². The lowest BCUT2D eigenvalue weighted by molar-refractivity contribution is 0.312. The van der Waals surface area contributed by atoms with Gasteiger partial charge in [-0.15, -0.1) is 4.91 Å². The first kappa shape index (κ1) is 20.0. The smallest absolute Gasteiger partial charge is 0.260 e. The Morgan fingerprint density at radius 1 is 1.20 bits per heavy atom. The van der Waals surface area contributed by atoms with Crippen LogP contribution in [0.25, 0.3) is 23.1 Å². The van der Waals surface area contributed by atoms with Crippen molar-refractivity contribution in [3.05, 3.63) is 46.6 Å². The normalized spacial score (nSPS) is 15.2. The number of rotatable bonds is 6. The van der Waals surface area contributed by atoms with E-state index in [0.717, 1.165) is 31.6 Å². The van der Waals surface area contributed by atoms with Crippen molar-refractivity contribution >= 4 is 40.4 Å². The van der Waals surface area contributed by atoms with Crippen molar-refractivity contribution in [1.29, 1.82) is 0 Å². The molecule has 1 aliphatic rings. The van der Waals surface area contributed by atoms with Gasteiger partial charge in [0.25, 0.3) is 5.88 Å². The van der Waals surface area contributed by atoms with E-state index in [0.29, 0.717) is 35.2 Å². The van der Waals surface area contributed by atoms with Crippen LogP contribution in [0.3, 0.4) is 0 Å². The van der Waals surface area contributed by atoms with E-state index in [1.807, 2.05) is 13.0 Å². The molecule has 2 aromatic heterocycles. The molecule has 0 aliphatic carbocycles. The predicted molar refractivity (Wildman–Crippen MR) is 116 cm³/mol. The number of aromatic nitrogens is 2. The van der Waals surface area contributed by atoms with Gasteiger partial charge in [-0.3, -0.25) is 0 Å². The van der Waals surface area contributed by atoms with E-state index in [-0.39, 0.29) is 11.7 Å². The lowest BCUT2D eigenvalue weighted by Crippen LogP contribution is -2.44. The number of halogens is 1. The van der Waals surface area contributed by atoms with Crippen LogP contribution in [0.5, 0.6) is 0 Å². The summed E-state index contributed by atoms with van der Waals surface area (Å²) in [6.45, 7) is 5.99. The highest BCUT2D eigenvalue weighted by molar-refractivity contribution is 5.93. The van der Waals surface area contributed by atoms with Gasteiger partial charge >= 0.3 is 0 Å². The second kappa shape index (κ2) is 8.58. The Hall–Kier alpha value is -3.33. The molecule has 1 aliphatic heterocycles. The highest BCUT2D eigenvalue weighted by Crippen LogP contribution is 2.30. The minimum atomic E-state index is -0.295. The monoisotopic (exact) mass is 410 g/mol. The molecule has 1 N–H and O–H groups in total. The zero-order valence-electron chi connectivity index (χ0n) is 16.9. The van der Waals surface area contributed by atoms with Crippen LogP contribution in [-0.2, 0) is 0 Å². The molecule has 8 nitrogen and oxygen atoms in total. The van der Waals surface area contributed by atoms with Gasteiger partial charge in [-0.05, 0) is 38.3 Å². The third-order valence-electron chi connectivity index (χ3n) is 5.07. The molecule has 0 saturated carbocycles. The van der Waals surface area contributed by atoms with Crippen LogP contribution in [0, 0.1) is 10.7 Å². The molecule has 9 heteroatoms. The zero-order chi connectivity index (χ0) is 21.1. The standard InChI is InChI=1S/C21H23FN6O2/c1-3-23-21-15-12-18(28-10-8-27(2)9-11-28)16(22)13-17(15)24-19(25-21)6-4-14-5-7-20(26-29)30-14/h4-7,12-13H,3,8-11H2,1-2H3,(H,23,24,25)/b6-4+. The Kier molecular flexibility index (Phi) is 5.71. The Balaban J connectivity index is 1.70. The molecule has 0 spiro atoms. The number of hydrogen-bond donors (Lipinski definition) is 1. The second-order valence-electron chi connectivity index (χ2n) is 7.17. The molecule has 0 radical (unpaired) electrons. The molecule has 4 rings (SSSR count). The molecule has 0 unspecified atom stereocenters. The van der Waals surface area contributed by atoms with Gasteiger partial charge in [-0.1, -0.05) is 0 Å². The molecule has 1 fully saturated rings. The van der Waals surface area contributed by atoms with Crippen molar-refractivity contribution < 1.29 is 8.81 Å². The fourth-order valence-corrected chi connectivity index (χ4v) is 3.46. The molecular formula is C21H23FN6O2. The molecule has 1 aromatic carbocycles. The topological polar surface area (TPSA) is 86.9 Å². The van der Waals surface area contributed by atoms with E-state index < -0.39 is 0 Å². The number of piperazine rings is 1. The van der Waals surface area contributed by atoms with Crippen LogP contribution < -0.4 is 10.2 Å². The van der Waals surface area contributed by atoms with Crippen molar-refractivity contribution in [3.8, 4) is 0 Å². The summed E-state index contributed by atoms with van der Waals surface area (Å²) in [5, 5.41) is 6.76. The van der Waals surface area contributed by atoms with Gasteiger partial charge in [0.1, 0.15) is 17.4 Å². The van der Waals surface area contributed by atoms with Crippen molar-refractivity contribution in [1.82, 2.24) is 14.9 Å². The first-order valence-corrected chi connectivity index (χ1v) is 9.87. The maximum absolute atomic E-state index is 14.9. The lowest BCUT2D eigenvalue weighted by Gasteiger charge is -2.34. The van der Waals surface area contributed by atoms with Crippen LogP contribution in [0.4, 0.5) is 21.8 Å². The molecular weight excluding hydrogens is 387 g/mol. The van der Waals surface area contributed by atoms with Gasteiger partial charge in [-0.2, -0.15) is 0 Å². The van der Waals surface area contributed by atoms with E-state index in [4.69, 9.17) is 4.42 Å². The summed E-state index contributed by atoms with van der Waals surface area (Å²) in [6.07, 6.45) is 3.29. The first-order chi connectivity index (χ1) is 14.6. The molecule has 0 amide bonds. The Labute approximate surface area is 173 Å². The lowest BCUT2D eigenvalue weighted by atomic mass is 10.1. The average Bonchev–Trinajstić information content (AvgIpc) is 3.21. The van der Waals surface area contributed by atoms with Crippen LogP contribution in [-0.4, -0.2) is 54.6 Å². The summed E-state index contributed by atoms with van der Waals surface area (Å²) < 4.78 is 20.2. The fourth-order valence-electron chi connectivity index (χ4n) is 3.46. The minimum Gasteiger partial charge on any atom is -0.436 e. The van der Waals surface area contributed by atoms with Gasteiger partial charge in [-0.25, -0.2) is 14.4 Å². The van der Waals surface area contributed by atoms with Gasteiger partial charge in [0, 0.05) is 55.4 Å². The molecule has 3 heterocycles. The van der Waals surface area contributed by atoms with Gasteiger partial charge < -0.3 is 19.5 Å². The Morgan fingerprint density at radius 3 is 2.70 bits per heavy atom. The van der Waals surface area contributed by atoms with Crippen LogP contribution in [0.1, 0.15) is 18.5 Å². The molecule has 3 aromatic rings. The number of anilines is 2. The number of hydrogen-bond acceptors (Lipinski definition) is 8. The summed E-state index contributed by atoms with van der Waals surface area (Å²) in [5.74, 6) is 1.21. The maximum Gasteiger partial charge on any atom is 0.260 e. The van der Waals surface area contributed by atoms with Crippen LogP contribution >= 0.6 is 0 Å². The van der Waals surface area contributed by atoms with Gasteiger partial charge in [0.2, 0.25) is 0 Å². The Morgan fingerprint density at radius 2 is 2.00 bits per heavy atom. The third kappa shape index (κ3) is 4.16. The number of nitrogens with one attached hydrogen (secondary N) is 1. The fraction of sp³-hybridized carbons (Fsp3) is 0.333. The van der Waals surface area contributed by atoms with Crippen molar-refractivity contribution in [3.63, 3.8) is 0 Å². The number of benzene rings is 1. The molecule has 0 bridgehead atoms. The number of likely N-dealkylation sites (N-methyl/N-ethyl adjacent to an activating group) is 1. The van der Waals surface area contributed by atoms with E-state index in [2.05, 4.69) is 37.3 Å². The quantitative estimate of drug-likeness (QED) is 0.612. The summed E-state index contributed by atoms with van der Waals surface area (Å²) in [4.78, 5) is 23.9. The zero-order valence-corrected chi connectivity index (χ0v) is 16.9. The highest BCUT2D eigenvalue weighted by Gasteiger charge is 2.19. The second-order valence-corrected chi connectivity index (χ2v) is 7.17. The maximum atomic E-state index is 14.9. The Bertz CT molecular complexity index is 1090. The summed E-state index contributed by atoms with van der Waals surface area (Å²) in [6, 6.07) is 6.40. The number of furan rings is 1. The van der Waals surface area contributed by atoms with E-state index in [1.54, 1.807) is 18.2 Å². The third-order valence-corrected chi connectivity index (χ3v) is 5.07. The van der Waals surface area contributed by atoms with E-state index in [1.165, 1.54) is 12.1 Å². The van der Waals surface area contributed by atoms with Crippen molar-refractivity contribution in [2.24, 2.45) is 5.18 Å². The summed E-state index contributed by atoms with van der Waals surface area (Å²) >= 11 is 0. The minimum absolute atomic E-state index is 0.000857. The largest absolute Gasteiger partial charge is 0.436 e. The SMILES string of the molecule is CCNc1nc(/C=C/c2ccc(N=O)o2)nc2cc(F)c(N3CCN(C)CC3)cc12.